The SMILES string of the molecule is Cc1ccc(-c2noc(CCC(=O)OCC(=O)Nc3ccc([N+](=O)[O-])cc3Cl)n2)cc1. The van der Waals surface area contributed by atoms with Crippen molar-refractivity contribution < 1.29 is 23.8 Å². The van der Waals surface area contributed by atoms with Crippen molar-refractivity contribution in [2.45, 2.75) is 19.8 Å². The molecule has 0 radical (unpaired) electrons. The van der Waals surface area contributed by atoms with Crippen LogP contribution in [-0.4, -0.2) is 33.5 Å². The molecule has 0 aliphatic heterocycles. The zero-order valence-electron chi connectivity index (χ0n) is 16.3. The molecule has 0 aliphatic carbocycles. The zero-order chi connectivity index (χ0) is 22.4. The Bertz CT molecular complexity index is 1110. The minimum Gasteiger partial charge on any atom is -0.456 e. The monoisotopic (exact) mass is 444 g/mol. The van der Waals surface area contributed by atoms with Crippen molar-refractivity contribution in [2.24, 2.45) is 0 Å². The van der Waals surface area contributed by atoms with E-state index in [-0.39, 0.29) is 35.1 Å². The number of rotatable bonds is 8. The fourth-order valence-electron chi connectivity index (χ4n) is 2.51. The molecule has 1 N–H and O–H groups in total. The summed E-state index contributed by atoms with van der Waals surface area (Å²) in [6, 6.07) is 11.2. The third kappa shape index (κ3) is 6.09. The van der Waals surface area contributed by atoms with Crippen LogP contribution in [0.1, 0.15) is 17.9 Å². The molecule has 11 heteroatoms. The molecule has 3 aromatic rings. The second kappa shape index (κ2) is 9.81. The first-order valence-corrected chi connectivity index (χ1v) is 9.48. The summed E-state index contributed by atoms with van der Waals surface area (Å²) in [5.41, 5.74) is 1.86. The number of nitrogens with zero attached hydrogens (tertiary/aromatic N) is 3. The Balaban J connectivity index is 1.44. The molecule has 0 spiro atoms. The first kappa shape index (κ1) is 21.9. The molecule has 160 valence electrons. The molecule has 0 unspecified atom stereocenters. The van der Waals surface area contributed by atoms with Gasteiger partial charge in [-0.05, 0) is 13.0 Å². The third-order valence-electron chi connectivity index (χ3n) is 4.12. The summed E-state index contributed by atoms with van der Waals surface area (Å²) in [7, 11) is 0. The highest BCUT2D eigenvalue weighted by atomic mass is 35.5. The van der Waals surface area contributed by atoms with Gasteiger partial charge in [-0.1, -0.05) is 46.6 Å². The van der Waals surface area contributed by atoms with Crippen LogP contribution in [0.15, 0.2) is 47.0 Å². The number of hydrogen-bond donors (Lipinski definition) is 1. The molecule has 31 heavy (non-hydrogen) atoms. The van der Waals surface area contributed by atoms with E-state index in [1.165, 1.54) is 12.1 Å². The quantitative estimate of drug-likeness (QED) is 0.315. The molecule has 1 amide bonds. The Morgan fingerprint density at radius 2 is 1.97 bits per heavy atom. The number of benzene rings is 2. The number of carbonyl (C=O) groups excluding carboxylic acids is 2. The summed E-state index contributed by atoms with van der Waals surface area (Å²) in [6.45, 7) is 1.43. The summed E-state index contributed by atoms with van der Waals surface area (Å²) in [5.74, 6) is -0.569. The Morgan fingerprint density at radius 3 is 2.65 bits per heavy atom. The maximum atomic E-state index is 11.9. The molecule has 0 saturated carbocycles. The smallest absolute Gasteiger partial charge is 0.306 e. The molecule has 0 atom stereocenters. The topological polar surface area (TPSA) is 137 Å². The maximum absolute atomic E-state index is 11.9. The van der Waals surface area contributed by atoms with E-state index >= 15 is 0 Å². The highest BCUT2D eigenvalue weighted by Crippen LogP contribution is 2.26. The van der Waals surface area contributed by atoms with Crippen molar-refractivity contribution in [3.8, 4) is 11.4 Å². The molecule has 3 rings (SSSR count). The number of nitro benzene ring substituents is 1. The summed E-state index contributed by atoms with van der Waals surface area (Å²) in [5, 5.41) is 17.0. The third-order valence-corrected chi connectivity index (χ3v) is 4.44. The van der Waals surface area contributed by atoms with Crippen LogP contribution in [0.5, 0.6) is 0 Å². The van der Waals surface area contributed by atoms with Crippen LogP contribution in [0.25, 0.3) is 11.4 Å². The van der Waals surface area contributed by atoms with Gasteiger partial charge in [-0.25, -0.2) is 0 Å². The number of aromatic nitrogens is 2. The standard InChI is InChI=1S/C20H17ClN4O6/c1-12-2-4-13(5-3-12)20-23-18(31-24-20)8-9-19(27)30-11-17(26)22-16-7-6-14(25(28)29)10-15(16)21/h2-7,10H,8-9,11H2,1H3,(H,22,26). The average Bonchev–Trinajstić information content (AvgIpc) is 3.21. The van der Waals surface area contributed by atoms with Crippen molar-refractivity contribution in [1.29, 1.82) is 0 Å². The summed E-state index contributed by atoms with van der Waals surface area (Å²) < 4.78 is 10.0. The second-order valence-electron chi connectivity index (χ2n) is 6.51. The van der Waals surface area contributed by atoms with Crippen molar-refractivity contribution in [1.82, 2.24) is 10.1 Å². The van der Waals surface area contributed by atoms with Gasteiger partial charge in [0.05, 0.1) is 22.1 Å². The Kier molecular flexibility index (Phi) is 6.93. The Labute approximate surface area is 181 Å². The number of non-ortho nitro benzene ring substituents is 1. The van der Waals surface area contributed by atoms with E-state index in [4.69, 9.17) is 20.9 Å². The van der Waals surface area contributed by atoms with E-state index in [2.05, 4.69) is 15.5 Å². The zero-order valence-corrected chi connectivity index (χ0v) is 17.1. The van der Waals surface area contributed by atoms with Gasteiger partial charge in [0.1, 0.15) is 0 Å². The van der Waals surface area contributed by atoms with Crippen molar-refractivity contribution in [3.63, 3.8) is 0 Å². The van der Waals surface area contributed by atoms with E-state index in [0.717, 1.165) is 17.2 Å². The van der Waals surface area contributed by atoms with Gasteiger partial charge in [-0.3, -0.25) is 19.7 Å². The molecule has 1 heterocycles. The number of hydrogen-bond acceptors (Lipinski definition) is 8. The lowest BCUT2D eigenvalue weighted by molar-refractivity contribution is -0.384. The number of nitro groups is 1. The van der Waals surface area contributed by atoms with E-state index in [1.54, 1.807) is 0 Å². The molecule has 10 nitrogen and oxygen atoms in total. The van der Waals surface area contributed by atoms with Gasteiger partial charge in [0.2, 0.25) is 11.7 Å². The normalized spacial score (nSPS) is 10.5. The highest BCUT2D eigenvalue weighted by molar-refractivity contribution is 6.34. The molecule has 0 saturated heterocycles. The van der Waals surface area contributed by atoms with Crippen LogP contribution >= 0.6 is 11.6 Å². The number of carbonyl (C=O) groups is 2. The van der Waals surface area contributed by atoms with E-state index in [1.807, 2.05) is 31.2 Å². The fourth-order valence-corrected chi connectivity index (χ4v) is 2.73. The van der Waals surface area contributed by atoms with Gasteiger partial charge in [-0.2, -0.15) is 4.98 Å². The number of amides is 1. The predicted octanol–water partition coefficient (Wildman–Crippen LogP) is 3.72. The lowest BCUT2D eigenvalue weighted by Gasteiger charge is -2.07. The Morgan fingerprint density at radius 1 is 1.23 bits per heavy atom. The van der Waals surface area contributed by atoms with Crippen LogP contribution in [0, 0.1) is 17.0 Å². The molecular formula is C20H17ClN4O6. The first-order chi connectivity index (χ1) is 14.8. The number of esters is 1. The van der Waals surface area contributed by atoms with Crippen LogP contribution in [-0.2, 0) is 20.7 Å². The van der Waals surface area contributed by atoms with Crippen LogP contribution < -0.4 is 5.32 Å². The average molecular weight is 445 g/mol. The highest BCUT2D eigenvalue weighted by Gasteiger charge is 2.15. The minimum absolute atomic E-state index is 0.00495. The number of nitrogens with one attached hydrogen (secondary N) is 1. The van der Waals surface area contributed by atoms with Crippen LogP contribution in [0.4, 0.5) is 11.4 Å². The van der Waals surface area contributed by atoms with Gasteiger partial charge < -0.3 is 14.6 Å². The molecule has 1 aromatic heterocycles. The van der Waals surface area contributed by atoms with Gasteiger partial charge in [0, 0.05) is 24.1 Å². The fraction of sp³-hybridized carbons (Fsp3) is 0.200. The Hall–Kier alpha value is -3.79. The molecule has 0 aliphatic rings. The summed E-state index contributed by atoms with van der Waals surface area (Å²) in [4.78, 5) is 38.1. The lowest BCUT2D eigenvalue weighted by Crippen LogP contribution is -2.21. The summed E-state index contributed by atoms with van der Waals surface area (Å²) in [6.07, 6.45) is 0.106. The molecule has 0 bridgehead atoms. The number of aryl methyl sites for hydroxylation is 2. The van der Waals surface area contributed by atoms with Gasteiger partial charge in [-0.15, -0.1) is 0 Å². The molecule has 0 fully saturated rings. The van der Waals surface area contributed by atoms with Crippen molar-refractivity contribution >= 4 is 34.9 Å². The van der Waals surface area contributed by atoms with Gasteiger partial charge >= 0.3 is 5.97 Å². The van der Waals surface area contributed by atoms with Crippen LogP contribution in [0.3, 0.4) is 0 Å². The number of ether oxygens (including phenoxy) is 1. The predicted molar refractivity (Wildman–Crippen MR) is 110 cm³/mol. The van der Waals surface area contributed by atoms with Gasteiger partial charge in [0.15, 0.2) is 6.61 Å². The van der Waals surface area contributed by atoms with Crippen LogP contribution in [0.2, 0.25) is 5.02 Å². The minimum atomic E-state index is -0.636. The van der Waals surface area contributed by atoms with E-state index in [9.17, 15) is 19.7 Å². The lowest BCUT2D eigenvalue weighted by atomic mass is 10.1. The van der Waals surface area contributed by atoms with Gasteiger partial charge in [0.25, 0.3) is 11.6 Å². The summed E-state index contributed by atoms with van der Waals surface area (Å²) >= 11 is 5.90. The van der Waals surface area contributed by atoms with E-state index in [0.29, 0.717) is 5.82 Å². The van der Waals surface area contributed by atoms with Crippen molar-refractivity contribution in [3.05, 3.63) is 69.1 Å². The number of halogens is 1. The molecular weight excluding hydrogens is 428 g/mol. The second-order valence-corrected chi connectivity index (χ2v) is 6.92. The largest absolute Gasteiger partial charge is 0.456 e. The van der Waals surface area contributed by atoms with Crippen molar-refractivity contribution in [2.75, 3.05) is 11.9 Å². The molecule has 2 aromatic carbocycles. The number of anilines is 1. The first-order valence-electron chi connectivity index (χ1n) is 9.11. The maximum Gasteiger partial charge on any atom is 0.306 e. The van der Waals surface area contributed by atoms with E-state index < -0.39 is 23.4 Å².